The lowest BCUT2D eigenvalue weighted by Crippen LogP contribution is -2.33. The minimum atomic E-state index is -0.299. The number of nitrogens with one attached hydrogen (secondary N) is 2. The number of likely N-dealkylation sites (N-methyl/N-ethyl adjacent to an activating group) is 1. The molecule has 1 aromatic carbocycles. The normalized spacial score (nSPS) is 13.4. The van der Waals surface area contributed by atoms with Gasteiger partial charge in [-0.3, -0.25) is 14.7 Å². The summed E-state index contributed by atoms with van der Waals surface area (Å²) in [6.07, 6.45) is 3.48. The average molecular weight is 325 g/mol. The van der Waals surface area contributed by atoms with Crippen LogP contribution in [0.2, 0.25) is 0 Å². The second-order valence-electron chi connectivity index (χ2n) is 5.85. The van der Waals surface area contributed by atoms with Crippen LogP contribution < -0.4 is 5.32 Å². The van der Waals surface area contributed by atoms with Gasteiger partial charge in [-0.1, -0.05) is 18.7 Å². The van der Waals surface area contributed by atoms with Crippen molar-refractivity contribution in [3.8, 4) is 11.4 Å². The number of benzene rings is 1. The van der Waals surface area contributed by atoms with Crippen LogP contribution >= 0.6 is 0 Å². The molecule has 0 aliphatic heterocycles. The number of H-pyrrole nitrogens is 1. The van der Waals surface area contributed by atoms with Gasteiger partial charge in [0.15, 0.2) is 5.82 Å². The van der Waals surface area contributed by atoms with Crippen LogP contribution in [-0.2, 0) is 9.59 Å². The third-order valence-corrected chi connectivity index (χ3v) is 3.80. The van der Waals surface area contributed by atoms with Crippen LogP contribution in [0, 0.1) is 0 Å². The molecule has 1 fully saturated rings. The average Bonchev–Trinajstić information content (AvgIpc) is 3.31. The van der Waals surface area contributed by atoms with Crippen molar-refractivity contribution in [3.63, 3.8) is 0 Å². The zero-order valence-corrected chi connectivity index (χ0v) is 13.5. The summed E-state index contributed by atoms with van der Waals surface area (Å²) in [6, 6.07) is 7.32. The summed E-state index contributed by atoms with van der Waals surface area (Å²) >= 11 is 0. The fraction of sp³-hybridized carbons (Fsp3) is 0.294. The Morgan fingerprint density at radius 3 is 2.96 bits per heavy atom. The van der Waals surface area contributed by atoms with Gasteiger partial charge in [0.2, 0.25) is 11.8 Å². The number of aromatic amines is 1. The van der Waals surface area contributed by atoms with Crippen molar-refractivity contribution in [2.75, 3.05) is 18.9 Å². The van der Waals surface area contributed by atoms with Crippen molar-refractivity contribution in [2.24, 2.45) is 0 Å². The highest BCUT2D eigenvalue weighted by Crippen LogP contribution is 2.38. The van der Waals surface area contributed by atoms with Crippen LogP contribution in [0.5, 0.6) is 0 Å². The largest absolute Gasteiger partial charge is 0.333 e. The van der Waals surface area contributed by atoms with E-state index < -0.39 is 0 Å². The van der Waals surface area contributed by atoms with Gasteiger partial charge in [0.25, 0.3) is 0 Å². The van der Waals surface area contributed by atoms with Gasteiger partial charge in [-0.2, -0.15) is 5.10 Å². The number of aromatic nitrogens is 3. The van der Waals surface area contributed by atoms with Crippen LogP contribution in [0.1, 0.15) is 24.6 Å². The maximum atomic E-state index is 12.0. The first kappa shape index (κ1) is 15.9. The van der Waals surface area contributed by atoms with Gasteiger partial charge in [-0.25, -0.2) is 4.98 Å². The molecule has 7 nitrogen and oxygen atoms in total. The molecule has 1 aliphatic carbocycles. The summed E-state index contributed by atoms with van der Waals surface area (Å²) < 4.78 is 0. The van der Waals surface area contributed by atoms with E-state index in [-0.39, 0.29) is 18.4 Å². The summed E-state index contributed by atoms with van der Waals surface area (Å²) in [5.74, 6) is 1.47. The highest BCUT2D eigenvalue weighted by Gasteiger charge is 2.27. The lowest BCUT2D eigenvalue weighted by molar-refractivity contribution is -0.129. The number of hydrogen-bond donors (Lipinski definition) is 2. The molecular weight excluding hydrogens is 306 g/mol. The van der Waals surface area contributed by atoms with E-state index in [9.17, 15) is 9.59 Å². The molecular formula is C17H19N5O2. The number of carbonyl (C=O) groups excluding carboxylic acids is 2. The number of nitrogens with zero attached hydrogens (tertiary/aromatic N) is 3. The van der Waals surface area contributed by atoms with Gasteiger partial charge in [-0.15, -0.1) is 0 Å². The predicted octanol–water partition coefficient (Wildman–Crippen LogP) is 1.93. The molecule has 124 valence electrons. The summed E-state index contributed by atoms with van der Waals surface area (Å²) in [5, 5.41) is 9.98. The van der Waals surface area contributed by atoms with Crippen LogP contribution in [0.3, 0.4) is 0 Å². The Morgan fingerprint density at radius 1 is 1.46 bits per heavy atom. The molecule has 0 bridgehead atoms. The molecule has 0 spiro atoms. The van der Waals surface area contributed by atoms with Crippen molar-refractivity contribution in [3.05, 3.63) is 42.7 Å². The van der Waals surface area contributed by atoms with Crippen molar-refractivity contribution in [2.45, 2.75) is 18.8 Å². The van der Waals surface area contributed by atoms with Gasteiger partial charge < -0.3 is 10.2 Å². The van der Waals surface area contributed by atoms with Gasteiger partial charge in [0, 0.05) is 24.2 Å². The van der Waals surface area contributed by atoms with Crippen LogP contribution in [0.4, 0.5) is 5.69 Å². The van der Waals surface area contributed by atoms with Crippen LogP contribution in [0.15, 0.2) is 36.9 Å². The Morgan fingerprint density at radius 2 is 2.25 bits per heavy atom. The van der Waals surface area contributed by atoms with Crippen molar-refractivity contribution in [1.82, 2.24) is 20.1 Å². The van der Waals surface area contributed by atoms with E-state index in [4.69, 9.17) is 0 Å². The topological polar surface area (TPSA) is 91.0 Å². The van der Waals surface area contributed by atoms with Gasteiger partial charge in [0.05, 0.1) is 6.54 Å². The SMILES string of the molecule is C=CC(=O)N(C)CC(=O)Nc1cccc(-c2n[nH]c(C3CC3)n2)c1. The molecule has 24 heavy (non-hydrogen) atoms. The summed E-state index contributed by atoms with van der Waals surface area (Å²) in [5.41, 5.74) is 1.46. The molecule has 1 heterocycles. The molecule has 1 aliphatic rings. The lowest BCUT2D eigenvalue weighted by atomic mass is 10.2. The zero-order chi connectivity index (χ0) is 17.1. The molecule has 0 radical (unpaired) electrons. The molecule has 3 rings (SSSR count). The van der Waals surface area contributed by atoms with Crippen molar-refractivity contribution in [1.29, 1.82) is 0 Å². The number of anilines is 1. The van der Waals surface area contributed by atoms with Gasteiger partial charge in [0.1, 0.15) is 5.82 Å². The fourth-order valence-electron chi connectivity index (χ4n) is 2.33. The quantitative estimate of drug-likeness (QED) is 0.794. The summed E-state index contributed by atoms with van der Waals surface area (Å²) in [4.78, 5) is 29.2. The highest BCUT2D eigenvalue weighted by atomic mass is 16.2. The molecule has 0 atom stereocenters. The van der Waals surface area contributed by atoms with Crippen molar-refractivity contribution < 1.29 is 9.59 Å². The van der Waals surface area contributed by atoms with E-state index in [0.29, 0.717) is 17.4 Å². The van der Waals surface area contributed by atoms with E-state index in [1.165, 1.54) is 11.0 Å². The van der Waals surface area contributed by atoms with Crippen LogP contribution in [0.25, 0.3) is 11.4 Å². The lowest BCUT2D eigenvalue weighted by Gasteiger charge is -2.14. The maximum Gasteiger partial charge on any atom is 0.246 e. The number of carbonyl (C=O) groups is 2. The molecule has 2 aromatic rings. The molecule has 2 amide bonds. The molecule has 0 unspecified atom stereocenters. The third-order valence-electron chi connectivity index (χ3n) is 3.80. The minimum Gasteiger partial charge on any atom is -0.333 e. The second kappa shape index (κ2) is 6.66. The molecule has 0 saturated heterocycles. The first-order valence-electron chi connectivity index (χ1n) is 7.77. The minimum absolute atomic E-state index is 0.0401. The van der Waals surface area contributed by atoms with E-state index in [2.05, 4.69) is 27.1 Å². The van der Waals surface area contributed by atoms with E-state index in [0.717, 1.165) is 24.2 Å². The fourth-order valence-corrected chi connectivity index (χ4v) is 2.33. The predicted molar refractivity (Wildman–Crippen MR) is 90.3 cm³/mol. The summed E-state index contributed by atoms with van der Waals surface area (Å²) in [7, 11) is 1.55. The van der Waals surface area contributed by atoms with E-state index >= 15 is 0 Å². The number of hydrogen-bond acceptors (Lipinski definition) is 4. The maximum absolute atomic E-state index is 12.0. The van der Waals surface area contributed by atoms with Gasteiger partial charge >= 0.3 is 0 Å². The number of amides is 2. The third kappa shape index (κ3) is 3.68. The van der Waals surface area contributed by atoms with Gasteiger partial charge in [-0.05, 0) is 31.1 Å². The Labute approximate surface area is 139 Å². The Balaban J connectivity index is 1.67. The second-order valence-corrected chi connectivity index (χ2v) is 5.85. The monoisotopic (exact) mass is 325 g/mol. The Kier molecular flexibility index (Phi) is 4.41. The molecule has 2 N–H and O–H groups in total. The molecule has 1 aromatic heterocycles. The highest BCUT2D eigenvalue weighted by molar-refractivity contribution is 5.96. The standard InChI is InChI=1S/C17H19N5O2/c1-3-15(24)22(2)10-14(23)18-13-6-4-5-12(9-13)17-19-16(20-21-17)11-7-8-11/h3-6,9,11H,1,7-8,10H2,2H3,(H,18,23)(H,19,20,21). The summed E-state index contributed by atoms with van der Waals surface area (Å²) in [6.45, 7) is 3.36. The van der Waals surface area contributed by atoms with Crippen LogP contribution in [-0.4, -0.2) is 45.5 Å². The van der Waals surface area contributed by atoms with Crippen molar-refractivity contribution >= 4 is 17.5 Å². The molecule has 1 saturated carbocycles. The Bertz CT molecular complexity index is 779. The molecule has 7 heteroatoms. The van der Waals surface area contributed by atoms with E-state index in [1.54, 1.807) is 13.1 Å². The first-order chi connectivity index (χ1) is 11.6. The first-order valence-corrected chi connectivity index (χ1v) is 7.77. The zero-order valence-electron chi connectivity index (χ0n) is 13.5. The number of rotatable bonds is 6. The van der Waals surface area contributed by atoms with E-state index in [1.807, 2.05) is 18.2 Å². The smallest absolute Gasteiger partial charge is 0.246 e. The Hall–Kier alpha value is -2.96.